The smallest absolute Gasteiger partial charge is 0.180 e. The van der Waals surface area contributed by atoms with Gasteiger partial charge in [0, 0.05) is 16.5 Å². The second-order valence-electron chi connectivity index (χ2n) is 13.6. The lowest BCUT2D eigenvalue weighted by Gasteiger charge is -2.50. The number of rotatable bonds is 5. The lowest BCUT2D eigenvalue weighted by atomic mass is 9.64. The van der Waals surface area contributed by atoms with Crippen molar-refractivity contribution in [3.63, 3.8) is 0 Å². The third kappa shape index (κ3) is 4.14. The van der Waals surface area contributed by atoms with Crippen LogP contribution >= 0.6 is 0 Å². The third-order valence-corrected chi connectivity index (χ3v) is 16.1. The Hall–Kier alpha value is -6.22. The molecule has 0 saturated heterocycles. The molecule has 2 heterocycles. The number of hydrogen-bond donors (Lipinski definition) is 0. The minimum atomic E-state index is -2.77. The number of fused-ring (bicyclic) bond motifs is 5. The number of hydrogen-bond acceptors (Lipinski definition) is 0. The van der Waals surface area contributed by atoms with E-state index in [1.807, 2.05) is 0 Å². The van der Waals surface area contributed by atoms with Crippen molar-refractivity contribution in [1.29, 1.82) is 0 Å². The van der Waals surface area contributed by atoms with E-state index in [2.05, 4.69) is 217 Å². The second-order valence-corrected chi connectivity index (χ2v) is 17.3. The maximum absolute atomic E-state index is 2.77. The van der Waals surface area contributed by atoms with E-state index in [0.717, 1.165) is 0 Å². The molecule has 1 nitrogen and oxygen atoms in total. The molecule has 0 fully saturated rings. The molecule has 0 saturated carbocycles. The maximum Gasteiger partial charge on any atom is 0.180 e. The zero-order chi connectivity index (χ0) is 33.8. The minimum Gasteiger partial charge on any atom is -0.309 e. The van der Waals surface area contributed by atoms with Crippen molar-refractivity contribution in [3.05, 3.63) is 235 Å². The van der Waals surface area contributed by atoms with Gasteiger partial charge in [-0.1, -0.05) is 182 Å². The molecule has 0 unspecified atom stereocenters. The molecule has 2 heteroatoms. The highest BCUT2D eigenvalue weighted by Crippen LogP contribution is 2.48. The average Bonchev–Trinajstić information content (AvgIpc) is 3.55. The fraction of sp³-hybridized carbons (Fsp3) is 0.0204. The van der Waals surface area contributed by atoms with E-state index in [1.165, 1.54) is 70.5 Å². The number of aromatic nitrogens is 1. The fourth-order valence-corrected chi connectivity index (χ4v) is 14.6. The Morgan fingerprint density at radius 2 is 0.824 bits per heavy atom. The molecule has 1 aliphatic rings. The van der Waals surface area contributed by atoms with Crippen LogP contribution in [0.5, 0.6) is 0 Å². The summed E-state index contributed by atoms with van der Waals surface area (Å²) in [7, 11) is -2.77. The molecule has 9 aromatic rings. The SMILES string of the molecule is c1ccc(-n2c3ccccc3c3cc(C4(c5ccccc5)c5ccccc5[Si](c5ccccc5)(c5ccccc5)c5ccccc54)ccc32)cc1. The topological polar surface area (TPSA) is 4.93 Å². The van der Waals surface area contributed by atoms with E-state index in [-0.39, 0.29) is 0 Å². The number of benzene rings is 8. The molecule has 0 spiro atoms. The molecule has 1 aliphatic heterocycles. The predicted molar refractivity (Wildman–Crippen MR) is 216 cm³/mol. The highest BCUT2D eigenvalue weighted by atomic mass is 28.3. The van der Waals surface area contributed by atoms with E-state index in [1.54, 1.807) is 0 Å². The van der Waals surface area contributed by atoms with Crippen LogP contribution in [-0.4, -0.2) is 12.6 Å². The Balaban J connectivity index is 1.37. The molecule has 0 N–H and O–H groups in total. The van der Waals surface area contributed by atoms with Crippen molar-refractivity contribution < 1.29 is 0 Å². The Kier molecular flexibility index (Phi) is 6.80. The van der Waals surface area contributed by atoms with Crippen LogP contribution in [0.2, 0.25) is 0 Å². The van der Waals surface area contributed by atoms with Crippen molar-refractivity contribution in [3.8, 4) is 5.69 Å². The molecule has 240 valence electrons. The van der Waals surface area contributed by atoms with Crippen LogP contribution in [0.4, 0.5) is 0 Å². The van der Waals surface area contributed by atoms with E-state index in [4.69, 9.17) is 0 Å². The molecule has 10 rings (SSSR count). The van der Waals surface area contributed by atoms with Crippen LogP contribution in [-0.2, 0) is 5.41 Å². The first-order chi connectivity index (χ1) is 25.3. The quantitative estimate of drug-likeness (QED) is 0.162. The lowest BCUT2D eigenvalue weighted by Crippen LogP contribution is -2.79. The van der Waals surface area contributed by atoms with Crippen LogP contribution in [0.25, 0.3) is 27.5 Å². The van der Waals surface area contributed by atoms with E-state index >= 15 is 0 Å². The molecule has 0 bridgehead atoms. The summed E-state index contributed by atoms with van der Waals surface area (Å²) in [6, 6.07) is 79.4. The van der Waals surface area contributed by atoms with E-state index in [9.17, 15) is 0 Å². The zero-order valence-corrected chi connectivity index (χ0v) is 29.2. The summed E-state index contributed by atoms with van der Waals surface area (Å²) in [5.74, 6) is 0. The first kappa shape index (κ1) is 29.7. The van der Waals surface area contributed by atoms with Crippen molar-refractivity contribution in [2.45, 2.75) is 5.41 Å². The van der Waals surface area contributed by atoms with Gasteiger partial charge >= 0.3 is 0 Å². The van der Waals surface area contributed by atoms with Gasteiger partial charge in [0.05, 0.1) is 16.4 Å². The van der Waals surface area contributed by atoms with Crippen LogP contribution in [0.1, 0.15) is 22.3 Å². The highest BCUT2D eigenvalue weighted by molar-refractivity contribution is 7.20. The molecule has 1 aromatic heterocycles. The summed E-state index contributed by atoms with van der Waals surface area (Å²) < 4.78 is 2.41. The van der Waals surface area contributed by atoms with Crippen LogP contribution < -0.4 is 20.7 Å². The van der Waals surface area contributed by atoms with Gasteiger partial charge in [-0.3, -0.25) is 0 Å². The zero-order valence-electron chi connectivity index (χ0n) is 28.2. The van der Waals surface area contributed by atoms with Gasteiger partial charge in [-0.15, -0.1) is 0 Å². The summed E-state index contributed by atoms with van der Waals surface area (Å²) >= 11 is 0. The lowest BCUT2D eigenvalue weighted by molar-refractivity contribution is 0.751. The molecule has 51 heavy (non-hydrogen) atoms. The first-order valence-electron chi connectivity index (χ1n) is 17.8. The number of para-hydroxylation sites is 2. The van der Waals surface area contributed by atoms with Crippen molar-refractivity contribution in [2.24, 2.45) is 0 Å². The first-order valence-corrected chi connectivity index (χ1v) is 19.8. The molecular weight excluding hydrogens is 631 g/mol. The Labute approximate surface area is 299 Å². The van der Waals surface area contributed by atoms with Crippen molar-refractivity contribution in [2.75, 3.05) is 0 Å². The summed E-state index contributed by atoms with van der Waals surface area (Å²) in [6.45, 7) is 0. The van der Waals surface area contributed by atoms with Gasteiger partial charge in [0.15, 0.2) is 8.07 Å². The van der Waals surface area contributed by atoms with E-state index < -0.39 is 13.5 Å². The Bertz CT molecular complexity index is 2590. The summed E-state index contributed by atoms with van der Waals surface area (Å²) in [5, 5.41) is 8.21. The number of nitrogens with zero attached hydrogens (tertiary/aromatic N) is 1. The highest BCUT2D eigenvalue weighted by Gasteiger charge is 2.55. The van der Waals surface area contributed by atoms with Gasteiger partial charge in [0.1, 0.15) is 0 Å². The summed E-state index contributed by atoms with van der Waals surface area (Å²) in [5.41, 5.74) is 8.32. The van der Waals surface area contributed by atoms with Gasteiger partial charge < -0.3 is 4.57 Å². The average molecular weight is 666 g/mol. The van der Waals surface area contributed by atoms with Gasteiger partial charge in [-0.05, 0) is 73.3 Å². The Morgan fingerprint density at radius 1 is 0.353 bits per heavy atom. The largest absolute Gasteiger partial charge is 0.309 e. The molecule has 0 radical (unpaired) electrons. The van der Waals surface area contributed by atoms with Crippen LogP contribution in [0.15, 0.2) is 212 Å². The van der Waals surface area contributed by atoms with Crippen LogP contribution in [0, 0.1) is 0 Å². The third-order valence-electron chi connectivity index (χ3n) is 11.2. The Morgan fingerprint density at radius 3 is 1.43 bits per heavy atom. The summed E-state index contributed by atoms with van der Waals surface area (Å²) in [6.07, 6.45) is 0. The molecular formula is C49H35NSi. The van der Waals surface area contributed by atoms with Gasteiger partial charge in [-0.25, -0.2) is 0 Å². The van der Waals surface area contributed by atoms with Crippen molar-refractivity contribution in [1.82, 2.24) is 4.57 Å². The molecule has 0 aliphatic carbocycles. The minimum absolute atomic E-state index is 0.557. The summed E-state index contributed by atoms with van der Waals surface area (Å²) in [4.78, 5) is 0. The van der Waals surface area contributed by atoms with Crippen LogP contribution in [0.3, 0.4) is 0 Å². The predicted octanol–water partition coefficient (Wildman–Crippen LogP) is 8.86. The van der Waals surface area contributed by atoms with Crippen molar-refractivity contribution >= 4 is 50.6 Å². The van der Waals surface area contributed by atoms with Gasteiger partial charge in [-0.2, -0.15) is 0 Å². The van der Waals surface area contributed by atoms with E-state index in [0.29, 0.717) is 0 Å². The molecule has 8 aromatic carbocycles. The normalized spacial score (nSPS) is 14.2. The fourth-order valence-electron chi connectivity index (χ4n) is 9.27. The standard InChI is InChI=1S/C49H35NSi/c1-5-19-36(20-6-1)49(37-33-34-46-42(35-37)41-27-13-16-30-45(41)50(46)38-21-7-2-8-22-38)43-28-14-17-31-47(43)51(39-23-9-3-10-24-39,40-25-11-4-12-26-40)48-32-18-15-29-44(48)49/h1-35H. The second kappa shape index (κ2) is 11.7. The maximum atomic E-state index is 2.50. The molecule has 0 atom stereocenters. The monoisotopic (exact) mass is 665 g/mol. The van der Waals surface area contributed by atoms with Gasteiger partial charge in [0.25, 0.3) is 0 Å². The molecule has 0 amide bonds. The van der Waals surface area contributed by atoms with Gasteiger partial charge in [0.2, 0.25) is 0 Å².